The van der Waals surface area contributed by atoms with E-state index in [2.05, 4.69) is 0 Å². The van der Waals surface area contributed by atoms with Crippen molar-refractivity contribution in [2.75, 3.05) is 23.9 Å². The molecule has 1 heterocycles. The molecular formula is C25H22N2O3. The van der Waals surface area contributed by atoms with Crippen LogP contribution in [0.1, 0.15) is 17.2 Å². The smallest absolute Gasteiger partial charge is 0.300 e. The fourth-order valence-electron chi connectivity index (χ4n) is 3.71. The molecule has 0 aliphatic carbocycles. The number of rotatable bonds is 4. The molecule has 1 amide bonds. The fraction of sp³-hybridized carbons (Fsp3) is 0.120. The van der Waals surface area contributed by atoms with Gasteiger partial charge in [-0.3, -0.25) is 14.5 Å². The van der Waals surface area contributed by atoms with E-state index in [-0.39, 0.29) is 11.3 Å². The number of carbonyl (C=O) groups is 2. The number of hydrogen-bond acceptors (Lipinski definition) is 4. The summed E-state index contributed by atoms with van der Waals surface area (Å²) < 4.78 is 0. The molecule has 1 saturated heterocycles. The summed E-state index contributed by atoms with van der Waals surface area (Å²) in [5.74, 6) is -1.52. The minimum atomic E-state index is -0.711. The molecule has 0 spiro atoms. The van der Waals surface area contributed by atoms with Gasteiger partial charge in [0, 0.05) is 31.0 Å². The molecule has 1 aliphatic heterocycles. The zero-order chi connectivity index (χ0) is 21.3. The lowest BCUT2D eigenvalue weighted by Gasteiger charge is -2.26. The first kappa shape index (κ1) is 19.5. The average Bonchev–Trinajstić information content (AvgIpc) is 3.05. The molecule has 0 saturated carbocycles. The highest BCUT2D eigenvalue weighted by atomic mass is 16.3. The molecule has 0 aromatic heterocycles. The van der Waals surface area contributed by atoms with Crippen LogP contribution in [0.2, 0.25) is 0 Å². The van der Waals surface area contributed by atoms with Gasteiger partial charge >= 0.3 is 0 Å². The molecule has 4 rings (SSSR count). The Balaban J connectivity index is 1.90. The standard InChI is InChI=1S/C25H22N2O3/c1-26(2)19-13-15-20(16-14-19)27-22(17-9-5-3-6-10-17)21(24(29)25(27)30)23(28)18-11-7-4-8-12-18/h3-16,22,28H,1-2H3. The third-order valence-corrected chi connectivity index (χ3v) is 5.25. The van der Waals surface area contributed by atoms with E-state index in [1.54, 1.807) is 24.3 Å². The van der Waals surface area contributed by atoms with Gasteiger partial charge in [-0.25, -0.2) is 0 Å². The van der Waals surface area contributed by atoms with Crippen LogP contribution in [0.5, 0.6) is 0 Å². The van der Waals surface area contributed by atoms with E-state index in [4.69, 9.17) is 0 Å². The first-order chi connectivity index (χ1) is 14.5. The maximum Gasteiger partial charge on any atom is 0.300 e. The summed E-state index contributed by atoms with van der Waals surface area (Å²) in [5.41, 5.74) is 2.93. The summed E-state index contributed by atoms with van der Waals surface area (Å²) >= 11 is 0. The molecule has 1 fully saturated rings. The van der Waals surface area contributed by atoms with Gasteiger partial charge in [-0.15, -0.1) is 0 Å². The van der Waals surface area contributed by atoms with Gasteiger partial charge in [-0.2, -0.15) is 0 Å². The number of aliphatic hydroxyl groups excluding tert-OH is 1. The average molecular weight is 398 g/mol. The number of Topliss-reactive ketones (excluding diaryl/α,β-unsaturated/α-hetero) is 1. The number of anilines is 2. The van der Waals surface area contributed by atoms with Crippen molar-refractivity contribution in [3.63, 3.8) is 0 Å². The normalized spacial score (nSPS) is 17.9. The van der Waals surface area contributed by atoms with E-state index in [0.29, 0.717) is 11.3 Å². The van der Waals surface area contributed by atoms with Gasteiger partial charge < -0.3 is 10.0 Å². The van der Waals surface area contributed by atoms with E-state index in [0.717, 1.165) is 11.3 Å². The van der Waals surface area contributed by atoms with Crippen LogP contribution in [0.3, 0.4) is 0 Å². The van der Waals surface area contributed by atoms with Crippen LogP contribution in [0, 0.1) is 0 Å². The van der Waals surface area contributed by atoms with Crippen molar-refractivity contribution in [3.05, 3.63) is 102 Å². The summed E-state index contributed by atoms with van der Waals surface area (Å²) in [5, 5.41) is 11.0. The molecule has 3 aromatic rings. The van der Waals surface area contributed by atoms with Crippen molar-refractivity contribution in [2.24, 2.45) is 0 Å². The van der Waals surface area contributed by atoms with E-state index < -0.39 is 17.7 Å². The zero-order valence-corrected chi connectivity index (χ0v) is 16.8. The van der Waals surface area contributed by atoms with Gasteiger partial charge in [-0.05, 0) is 29.8 Å². The summed E-state index contributed by atoms with van der Waals surface area (Å²) in [7, 11) is 3.87. The van der Waals surface area contributed by atoms with Gasteiger partial charge in [0.1, 0.15) is 5.76 Å². The third kappa shape index (κ3) is 3.35. The Morgan fingerprint density at radius 1 is 0.833 bits per heavy atom. The molecule has 1 atom stereocenters. The van der Waals surface area contributed by atoms with Crippen LogP contribution >= 0.6 is 0 Å². The van der Waals surface area contributed by atoms with E-state index in [1.807, 2.05) is 79.7 Å². The van der Waals surface area contributed by atoms with Gasteiger partial charge in [0.05, 0.1) is 11.6 Å². The first-order valence-electron chi connectivity index (χ1n) is 9.68. The SMILES string of the molecule is CN(C)c1ccc(N2C(=O)C(=O)C(=C(O)c3ccccc3)C2c2ccccc2)cc1. The lowest BCUT2D eigenvalue weighted by atomic mass is 9.95. The van der Waals surface area contributed by atoms with Crippen molar-refractivity contribution < 1.29 is 14.7 Å². The zero-order valence-electron chi connectivity index (χ0n) is 16.8. The van der Waals surface area contributed by atoms with Crippen molar-refractivity contribution >= 4 is 28.8 Å². The third-order valence-electron chi connectivity index (χ3n) is 5.25. The Hall–Kier alpha value is -3.86. The molecule has 5 heteroatoms. The maximum atomic E-state index is 13.1. The van der Waals surface area contributed by atoms with Crippen molar-refractivity contribution in [1.29, 1.82) is 0 Å². The van der Waals surface area contributed by atoms with E-state index >= 15 is 0 Å². The Morgan fingerprint density at radius 3 is 1.97 bits per heavy atom. The number of nitrogens with zero attached hydrogens (tertiary/aromatic N) is 2. The predicted molar refractivity (Wildman–Crippen MR) is 118 cm³/mol. The van der Waals surface area contributed by atoms with Crippen LogP contribution in [-0.4, -0.2) is 30.9 Å². The van der Waals surface area contributed by atoms with Gasteiger partial charge in [0.15, 0.2) is 0 Å². The lowest BCUT2D eigenvalue weighted by Crippen LogP contribution is -2.29. The minimum absolute atomic E-state index is 0.0917. The molecule has 0 radical (unpaired) electrons. The minimum Gasteiger partial charge on any atom is -0.507 e. The molecule has 3 aromatic carbocycles. The maximum absolute atomic E-state index is 13.1. The van der Waals surface area contributed by atoms with Crippen LogP contribution < -0.4 is 9.80 Å². The van der Waals surface area contributed by atoms with Crippen molar-refractivity contribution in [3.8, 4) is 0 Å². The summed E-state index contributed by atoms with van der Waals surface area (Å²) in [6, 6.07) is 24.8. The van der Waals surface area contributed by atoms with Crippen LogP contribution in [0.15, 0.2) is 90.5 Å². The second-order valence-electron chi connectivity index (χ2n) is 7.36. The quantitative estimate of drug-likeness (QED) is 0.403. The Labute approximate surface area is 175 Å². The Kier molecular flexibility index (Phi) is 5.11. The lowest BCUT2D eigenvalue weighted by molar-refractivity contribution is -0.132. The topological polar surface area (TPSA) is 60.9 Å². The second-order valence-corrected chi connectivity index (χ2v) is 7.36. The van der Waals surface area contributed by atoms with Crippen LogP contribution in [0.4, 0.5) is 11.4 Å². The van der Waals surface area contributed by atoms with Crippen LogP contribution in [-0.2, 0) is 9.59 Å². The molecular weight excluding hydrogens is 376 g/mol. The number of ketones is 1. The fourth-order valence-corrected chi connectivity index (χ4v) is 3.71. The summed E-state index contributed by atoms with van der Waals surface area (Å²) in [4.78, 5) is 29.5. The molecule has 0 bridgehead atoms. The highest BCUT2D eigenvalue weighted by Gasteiger charge is 2.46. The van der Waals surface area contributed by atoms with Crippen LogP contribution in [0.25, 0.3) is 5.76 Å². The Bertz CT molecular complexity index is 1100. The van der Waals surface area contributed by atoms with Gasteiger partial charge in [0.25, 0.3) is 11.7 Å². The monoisotopic (exact) mass is 398 g/mol. The largest absolute Gasteiger partial charge is 0.507 e. The molecule has 5 nitrogen and oxygen atoms in total. The van der Waals surface area contributed by atoms with E-state index in [1.165, 1.54) is 4.90 Å². The van der Waals surface area contributed by atoms with Gasteiger partial charge in [0.2, 0.25) is 0 Å². The highest BCUT2D eigenvalue weighted by molar-refractivity contribution is 6.51. The summed E-state index contributed by atoms with van der Waals surface area (Å²) in [6.45, 7) is 0. The molecule has 1 aliphatic rings. The predicted octanol–water partition coefficient (Wildman–Crippen LogP) is 4.38. The highest BCUT2D eigenvalue weighted by Crippen LogP contribution is 2.42. The molecule has 150 valence electrons. The number of amides is 1. The number of hydrogen-bond donors (Lipinski definition) is 1. The molecule has 1 N–H and O–H groups in total. The van der Waals surface area contributed by atoms with Crippen molar-refractivity contribution in [1.82, 2.24) is 0 Å². The molecule has 1 unspecified atom stereocenters. The summed E-state index contributed by atoms with van der Waals surface area (Å²) in [6.07, 6.45) is 0. The first-order valence-corrected chi connectivity index (χ1v) is 9.68. The number of aliphatic hydroxyl groups is 1. The number of carbonyl (C=O) groups excluding carboxylic acids is 2. The van der Waals surface area contributed by atoms with Gasteiger partial charge in [-0.1, -0.05) is 60.7 Å². The Morgan fingerprint density at radius 2 is 1.40 bits per heavy atom. The van der Waals surface area contributed by atoms with Crippen molar-refractivity contribution in [2.45, 2.75) is 6.04 Å². The van der Waals surface area contributed by atoms with E-state index in [9.17, 15) is 14.7 Å². The number of benzene rings is 3. The second kappa shape index (κ2) is 7.87. The molecule has 30 heavy (non-hydrogen) atoms.